The molecule has 0 aliphatic carbocycles. The minimum Gasteiger partial charge on any atom is -0.508 e. The van der Waals surface area contributed by atoms with Crippen molar-refractivity contribution in [1.29, 1.82) is 0 Å². The Bertz CT molecular complexity index is 1330. The number of carboxylic acid groups (broad SMARTS) is 1. The molecule has 3 aromatic carbocycles. The lowest BCUT2D eigenvalue weighted by atomic mass is 9.76. The Kier molecular flexibility index (Phi) is 4.27. The molecule has 3 aliphatic heterocycles. The number of esters is 1. The van der Waals surface area contributed by atoms with Gasteiger partial charge in [0.2, 0.25) is 0 Å². The Labute approximate surface area is 193 Å². The minimum absolute atomic E-state index is 0.0107. The topological polar surface area (TPSA) is 129 Å². The van der Waals surface area contributed by atoms with Gasteiger partial charge in [-0.1, -0.05) is 6.07 Å². The van der Waals surface area contributed by atoms with Gasteiger partial charge in [0.25, 0.3) is 0 Å². The zero-order chi connectivity index (χ0) is 23.6. The molecule has 0 aromatic heterocycles. The van der Waals surface area contributed by atoms with Crippen LogP contribution in [0.15, 0.2) is 48.5 Å². The number of rotatable bonds is 2. The van der Waals surface area contributed by atoms with Gasteiger partial charge in [-0.15, -0.1) is 0 Å². The number of phenols is 2. The molecule has 0 radical (unpaired) electrons. The number of carbonyl (C=O) groups excluding carboxylic acids is 1. The molecule has 34 heavy (non-hydrogen) atoms. The van der Waals surface area contributed by atoms with E-state index in [1.807, 2.05) is 4.90 Å². The number of carboxylic acids is 1. The minimum atomic E-state index is -1.50. The fourth-order valence-electron chi connectivity index (χ4n) is 5.16. The van der Waals surface area contributed by atoms with Crippen molar-refractivity contribution in [3.63, 3.8) is 0 Å². The third-order valence-corrected chi connectivity index (χ3v) is 6.59. The van der Waals surface area contributed by atoms with E-state index < -0.39 is 17.5 Å². The summed E-state index contributed by atoms with van der Waals surface area (Å²) in [5, 5.41) is 33.5. The maximum atomic E-state index is 13.4. The number of fused-ring (bicyclic) bond motifs is 6. The summed E-state index contributed by atoms with van der Waals surface area (Å²) in [6.07, 6.45) is 0. The van der Waals surface area contributed by atoms with E-state index in [1.54, 1.807) is 24.3 Å². The summed E-state index contributed by atoms with van der Waals surface area (Å²) in [5.74, 6) is -1.61. The monoisotopic (exact) mass is 460 g/mol. The number of phenolic OH excluding ortho intramolecular Hbond substituents is 2. The second-order valence-electron chi connectivity index (χ2n) is 8.46. The van der Waals surface area contributed by atoms with E-state index in [1.165, 1.54) is 24.3 Å². The first-order chi connectivity index (χ1) is 16.4. The van der Waals surface area contributed by atoms with E-state index in [0.717, 1.165) is 0 Å². The highest BCUT2D eigenvalue weighted by atomic mass is 16.6. The van der Waals surface area contributed by atoms with Crippen LogP contribution in [-0.2, 0) is 10.3 Å². The molecule has 1 fully saturated rings. The summed E-state index contributed by atoms with van der Waals surface area (Å²) in [4.78, 5) is 27.8. The molecule has 172 valence electrons. The summed E-state index contributed by atoms with van der Waals surface area (Å²) in [6.45, 7) is 2.62. The first-order valence-electron chi connectivity index (χ1n) is 10.8. The Morgan fingerprint density at radius 2 is 1.50 bits per heavy atom. The van der Waals surface area contributed by atoms with Crippen LogP contribution in [0.1, 0.15) is 37.4 Å². The second kappa shape index (κ2) is 7.13. The molecule has 3 aromatic rings. The first kappa shape index (κ1) is 20.4. The quantitative estimate of drug-likeness (QED) is 0.427. The summed E-state index contributed by atoms with van der Waals surface area (Å²) in [5.41, 5.74) is 0.116. The number of ether oxygens (including phenoxy) is 2. The van der Waals surface area contributed by atoms with Crippen LogP contribution in [0.3, 0.4) is 0 Å². The van der Waals surface area contributed by atoms with Crippen LogP contribution >= 0.6 is 0 Å². The van der Waals surface area contributed by atoms with Gasteiger partial charge >= 0.3 is 11.9 Å². The van der Waals surface area contributed by atoms with Gasteiger partial charge in [0, 0.05) is 55.0 Å². The van der Waals surface area contributed by atoms with Crippen molar-refractivity contribution in [2.75, 3.05) is 31.1 Å². The van der Waals surface area contributed by atoms with Crippen LogP contribution in [0.4, 0.5) is 5.69 Å². The Morgan fingerprint density at radius 1 is 0.912 bits per heavy atom. The average Bonchev–Trinajstić information content (AvgIpc) is 3.11. The van der Waals surface area contributed by atoms with Crippen molar-refractivity contribution in [2.24, 2.45) is 0 Å². The number of nitrogens with zero attached hydrogens (tertiary/aromatic N) is 1. The highest BCUT2D eigenvalue weighted by molar-refractivity contribution is 6.10. The Hall–Kier alpha value is -4.24. The Morgan fingerprint density at radius 3 is 2.09 bits per heavy atom. The molecule has 9 nitrogen and oxygen atoms in total. The molecule has 0 unspecified atom stereocenters. The fourth-order valence-corrected chi connectivity index (χ4v) is 5.16. The molecule has 3 heterocycles. The summed E-state index contributed by atoms with van der Waals surface area (Å²) < 4.78 is 12.0. The molecule has 0 atom stereocenters. The van der Waals surface area contributed by atoms with E-state index in [-0.39, 0.29) is 34.1 Å². The molecule has 1 spiro atoms. The van der Waals surface area contributed by atoms with Crippen molar-refractivity contribution in [3.05, 3.63) is 76.3 Å². The molecule has 1 saturated heterocycles. The molecule has 6 rings (SSSR count). The fraction of sp³-hybridized carbons (Fsp3) is 0.200. The summed E-state index contributed by atoms with van der Waals surface area (Å²) in [7, 11) is 0. The number of piperazine rings is 1. The van der Waals surface area contributed by atoms with Gasteiger partial charge in [-0.3, -0.25) is 0 Å². The number of aromatic carboxylic acids is 1. The highest BCUT2D eigenvalue weighted by Crippen LogP contribution is 2.57. The van der Waals surface area contributed by atoms with Gasteiger partial charge in [-0.2, -0.15) is 0 Å². The maximum Gasteiger partial charge on any atom is 0.341 e. The smallest absolute Gasteiger partial charge is 0.341 e. The number of anilines is 1. The van der Waals surface area contributed by atoms with Gasteiger partial charge < -0.3 is 35.0 Å². The second-order valence-corrected chi connectivity index (χ2v) is 8.46. The number of hydrogen-bond donors (Lipinski definition) is 4. The van der Waals surface area contributed by atoms with Gasteiger partial charge in [-0.25, -0.2) is 9.59 Å². The lowest BCUT2D eigenvalue weighted by molar-refractivity contribution is 0.0222. The van der Waals surface area contributed by atoms with Crippen molar-refractivity contribution in [1.82, 2.24) is 5.32 Å². The summed E-state index contributed by atoms with van der Waals surface area (Å²) in [6, 6.07) is 12.3. The van der Waals surface area contributed by atoms with Crippen molar-refractivity contribution in [3.8, 4) is 23.0 Å². The largest absolute Gasteiger partial charge is 0.508 e. The van der Waals surface area contributed by atoms with E-state index in [2.05, 4.69) is 5.32 Å². The predicted octanol–water partition coefficient (Wildman–Crippen LogP) is 2.77. The van der Waals surface area contributed by atoms with E-state index in [4.69, 9.17) is 9.47 Å². The number of benzene rings is 3. The average molecular weight is 460 g/mol. The van der Waals surface area contributed by atoms with Gasteiger partial charge in [-0.05, 0) is 30.3 Å². The molecule has 0 amide bonds. The Balaban J connectivity index is 1.66. The molecule has 4 N–H and O–H groups in total. The molecular weight excluding hydrogens is 440 g/mol. The van der Waals surface area contributed by atoms with Gasteiger partial charge in [0.1, 0.15) is 23.0 Å². The number of carbonyl (C=O) groups is 2. The SMILES string of the molecule is O=C(O)c1c(N2CCNCC2)ccc2c1C(=O)OC21c2ccc(O)cc2Oc2cc(O)ccc21. The van der Waals surface area contributed by atoms with E-state index >= 15 is 0 Å². The van der Waals surface area contributed by atoms with Crippen LogP contribution in [0.5, 0.6) is 23.0 Å². The lowest BCUT2D eigenvalue weighted by Crippen LogP contribution is -2.44. The standard InChI is InChI=1S/C25H20N2O7/c28-13-1-3-15-19(11-13)33-20-12-14(29)2-4-16(20)25(15)17-5-6-18(27-9-7-26-8-10-27)22(23(30)31)21(17)24(32)34-25/h1-6,11-12,26,28-29H,7-10H2,(H,30,31). The van der Waals surface area contributed by atoms with Crippen molar-refractivity contribution >= 4 is 17.6 Å². The molecule has 0 bridgehead atoms. The zero-order valence-corrected chi connectivity index (χ0v) is 17.9. The number of hydrogen-bond acceptors (Lipinski definition) is 8. The van der Waals surface area contributed by atoms with Crippen molar-refractivity contribution < 1.29 is 34.4 Å². The predicted molar refractivity (Wildman–Crippen MR) is 120 cm³/mol. The van der Waals surface area contributed by atoms with Crippen molar-refractivity contribution in [2.45, 2.75) is 5.60 Å². The molecular formula is C25H20N2O7. The third kappa shape index (κ3) is 2.70. The van der Waals surface area contributed by atoms with Gasteiger partial charge in [0.05, 0.1) is 16.8 Å². The lowest BCUT2D eigenvalue weighted by Gasteiger charge is -2.36. The van der Waals surface area contributed by atoms with Crippen LogP contribution in [0, 0.1) is 0 Å². The van der Waals surface area contributed by atoms with Crippen LogP contribution in [0.25, 0.3) is 0 Å². The summed E-state index contributed by atoms with van der Waals surface area (Å²) >= 11 is 0. The highest BCUT2D eigenvalue weighted by Gasteiger charge is 2.55. The third-order valence-electron chi connectivity index (χ3n) is 6.59. The maximum absolute atomic E-state index is 13.4. The molecule has 9 heteroatoms. The van der Waals surface area contributed by atoms with E-state index in [0.29, 0.717) is 48.6 Å². The zero-order valence-electron chi connectivity index (χ0n) is 17.9. The number of nitrogens with one attached hydrogen (secondary N) is 1. The number of aromatic hydroxyl groups is 2. The normalized spacial score (nSPS) is 17.4. The first-order valence-corrected chi connectivity index (χ1v) is 10.8. The molecule has 0 saturated carbocycles. The molecule has 3 aliphatic rings. The van der Waals surface area contributed by atoms with Crippen LogP contribution in [-0.4, -0.2) is 53.4 Å². The van der Waals surface area contributed by atoms with Gasteiger partial charge in [0.15, 0.2) is 5.60 Å². The van der Waals surface area contributed by atoms with E-state index in [9.17, 15) is 24.9 Å². The van der Waals surface area contributed by atoms with Crippen LogP contribution in [0.2, 0.25) is 0 Å². The van der Waals surface area contributed by atoms with Crippen LogP contribution < -0.4 is 15.0 Å².